The lowest BCUT2D eigenvalue weighted by atomic mass is 9.97. The zero-order valence-corrected chi connectivity index (χ0v) is 13.3. The highest BCUT2D eigenvalue weighted by molar-refractivity contribution is 7.89. The summed E-state index contributed by atoms with van der Waals surface area (Å²) in [5.74, 6) is 1.03. The third-order valence-electron chi connectivity index (χ3n) is 3.98. The van der Waals surface area contributed by atoms with E-state index in [0.29, 0.717) is 19.6 Å². The van der Waals surface area contributed by atoms with Crippen molar-refractivity contribution in [2.75, 3.05) is 13.1 Å². The van der Waals surface area contributed by atoms with Gasteiger partial charge in [0.05, 0.1) is 6.20 Å². The zero-order valence-electron chi connectivity index (χ0n) is 12.5. The lowest BCUT2D eigenvalue weighted by molar-refractivity contribution is 0.313. The molecule has 8 heteroatoms. The van der Waals surface area contributed by atoms with Gasteiger partial charge in [0, 0.05) is 44.1 Å². The van der Waals surface area contributed by atoms with Gasteiger partial charge in [0.2, 0.25) is 10.0 Å². The second kappa shape index (κ2) is 6.13. The van der Waals surface area contributed by atoms with Gasteiger partial charge in [-0.25, -0.2) is 18.4 Å². The Morgan fingerprint density at radius 3 is 2.50 bits per heavy atom. The second-order valence-corrected chi connectivity index (χ2v) is 7.26. The summed E-state index contributed by atoms with van der Waals surface area (Å²) in [5.41, 5.74) is 0. The molecule has 0 aliphatic carbocycles. The molecule has 0 unspecified atom stereocenters. The van der Waals surface area contributed by atoms with Crippen LogP contribution < -0.4 is 0 Å². The van der Waals surface area contributed by atoms with Crippen LogP contribution in [0.25, 0.3) is 0 Å². The van der Waals surface area contributed by atoms with Gasteiger partial charge in [-0.15, -0.1) is 0 Å². The molecular formula is C14H19N5O2S. The molecule has 7 nitrogen and oxygen atoms in total. The molecule has 0 amide bonds. The molecular weight excluding hydrogens is 302 g/mol. The number of aromatic nitrogens is 4. The van der Waals surface area contributed by atoms with Crippen LogP contribution in [0, 0.1) is 0 Å². The Morgan fingerprint density at radius 2 is 1.91 bits per heavy atom. The molecule has 2 aromatic heterocycles. The Balaban J connectivity index is 1.70. The minimum atomic E-state index is -3.45. The van der Waals surface area contributed by atoms with E-state index in [-0.39, 0.29) is 10.8 Å². The second-order valence-electron chi connectivity index (χ2n) is 5.32. The molecule has 2 aromatic rings. The van der Waals surface area contributed by atoms with Crippen LogP contribution in [0.3, 0.4) is 0 Å². The van der Waals surface area contributed by atoms with Crippen molar-refractivity contribution in [2.45, 2.75) is 37.1 Å². The topological polar surface area (TPSA) is 81.0 Å². The van der Waals surface area contributed by atoms with Crippen LogP contribution in [-0.2, 0) is 16.6 Å². The number of rotatable bonds is 4. The summed E-state index contributed by atoms with van der Waals surface area (Å²) in [4.78, 5) is 8.81. The predicted octanol–water partition coefficient (Wildman–Crippen LogP) is 1.26. The molecule has 1 fully saturated rings. The minimum Gasteiger partial charge on any atom is -0.272 e. The largest absolute Gasteiger partial charge is 0.272 e. The molecule has 0 atom stereocenters. The van der Waals surface area contributed by atoms with Gasteiger partial charge in [0.25, 0.3) is 0 Å². The highest BCUT2D eigenvalue weighted by atomic mass is 32.2. The maximum Gasteiger partial charge on any atom is 0.246 e. The van der Waals surface area contributed by atoms with Crippen LogP contribution in [0.5, 0.6) is 0 Å². The molecule has 1 aliphatic heterocycles. The van der Waals surface area contributed by atoms with Crippen molar-refractivity contribution in [1.82, 2.24) is 24.1 Å². The average molecular weight is 321 g/mol. The van der Waals surface area contributed by atoms with Crippen molar-refractivity contribution in [3.63, 3.8) is 0 Å². The van der Waals surface area contributed by atoms with Crippen LogP contribution in [0.2, 0.25) is 0 Å². The Bertz CT molecular complexity index is 721. The van der Waals surface area contributed by atoms with Crippen LogP contribution >= 0.6 is 0 Å². The Kier molecular flexibility index (Phi) is 4.21. The molecule has 118 valence electrons. The summed E-state index contributed by atoms with van der Waals surface area (Å²) in [5, 5.41) is 4.05. The lowest BCUT2D eigenvalue weighted by Crippen LogP contribution is -2.38. The summed E-state index contributed by atoms with van der Waals surface area (Å²) in [6, 6.07) is 1.79. The first-order chi connectivity index (χ1) is 10.6. The fourth-order valence-electron chi connectivity index (χ4n) is 2.68. The molecule has 0 N–H and O–H groups in total. The number of hydrogen-bond donors (Lipinski definition) is 0. The summed E-state index contributed by atoms with van der Waals surface area (Å²) < 4.78 is 28.4. The van der Waals surface area contributed by atoms with Gasteiger partial charge in [0.15, 0.2) is 0 Å². The monoisotopic (exact) mass is 321 g/mol. The van der Waals surface area contributed by atoms with Crippen LogP contribution in [-0.4, -0.2) is 45.6 Å². The molecule has 0 saturated carbocycles. The number of nitrogens with zero attached hydrogens (tertiary/aromatic N) is 5. The van der Waals surface area contributed by atoms with Gasteiger partial charge in [0.1, 0.15) is 10.7 Å². The highest BCUT2D eigenvalue weighted by Gasteiger charge is 2.31. The van der Waals surface area contributed by atoms with Crippen molar-refractivity contribution in [3.05, 3.63) is 36.7 Å². The third-order valence-corrected chi connectivity index (χ3v) is 5.83. The summed E-state index contributed by atoms with van der Waals surface area (Å²) in [7, 11) is -3.45. The van der Waals surface area contributed by atoms with E-state index in [9.17, 15) is 8.42 Å². The maximum atomic E-state index is 12.6. The molecule has 0 spiro atoms. The smallest absolute Gasteiger partial charge is 0.246 e. The molecule has 3 heterocycles. The van der Waals surface area contributed by atoms with Gasteiger partial charge in [-0.1, -0.05) is 0 Å². The SMILES string of the molecule is CCn1cc(S(=O)(=O)N2CCC(c3ncccn3)CC2)cn1. The van der Waals surface area contributed by atoms with E-state index in [2.05, 4.69) is 15.1 Å². The average Bonchev–Trinajstić information content (AvgIpc) is 3.06. The predicted molar refractivity (Wildman–Crippen MR) is 80.7 cm³/mol. The number of aryl methyl sites for hydroxylation is 1. The Hall–Kier alpha value is -1.80. The van der Waals surface area contributed by atoms with E-state index in [1.165, 1.54) is 10.5 Å². The molecule has 1 aliphatic rings. The molecule has 0 radical (unpaired) electrons. The molecule has 0 bridgehead atoms. The normalized spacial score (nSPS) is 17.7. The summed E-state index contributed by atoms with van der Waals surface area (Å²) in [6.07, 6.45) is 7.94. The standard InChI is InChI=1S/C14H19N5O2S/c1-2-18-11-13(10-17-18)22(20,21)19-8-4-12(5-9-19)14-15-6-3-7-16-14/h3,6-7,10-12H,2,4-5,8-9H2,1H3. The highest BCUT2D eigenvalue weighted by Crippen LogP contribution is 2.28. The van der Waals surface area contributed by atoms with E-state index < -0.39 is 10.0 Å². The van der Waals surface area contributed by atoms with Crippen LogP contribution in [0.4, 0.5) is 0 Å². The summed E-state index contributed by atoms with van der Waals surface area (Å²) >= 11 is 0. The first-order valence-electron chi connectivity index (χ1n) is 7.41. The number of hydrogen-bond acceptors (Lipinski definition) is 5. The van der Waals surface area contributed by atoms with E-state index >= 15 is 0 Å². The first-order valence-corrected chi connectivity index (χ1v) is 8.85. The lowest BCUT2D eigenvalue weighted by Gasteiger charge is -2.29. The maximum absolute atomic E-state index is 12.6. The molecule has 3 rings (SSSR count). The van der Waals surface area contributed by atoms with Crippen LogP contribution in [0.15, 0.2) is 35.7 Å². The molecule has 22 heavy (non-hydrogen) atoms. The first kappa shape index (κ1) is 15.1. The fourth-order valence-corrected chi connectivity index (χ4v) is 4.10. The molecule has 0 aromatic carbocycles. The van der Waals surface area contributed by atoms with Gasteiger partial charge in [-0.05, 0) is 25.8 Å². The quantitative estimate of drug-likeness (QED) is 0.847. The van der Waals surface area contributed by atoms with Crippen molar-refractivity contribution in [1.29, 1.82) is 0 Å². The van der Waals surface area contributed by atoms with Crippen LogP contribution in [0.1, 0.15) is 31.5 Å². The zero-order chi connectivity index (χ0) is 15.6. The third kappa shape index (κ3) is 2.89. The van der Waals surface area contributed by atoms with Crippen molar-refractivity contribution in [2.24, 2.45) is 0 Å². The Labute approximate surface area is 130 Å². The van der Waals surface area contributed by atoms with Gasteiger partial charge < -0.3 is 0 Å². The van der Waals surface area contributed by atoms with Gasteiger partial charge in [-0.3, -0.25) is 4.68 Å². The van der Waals surface area contributed by atoms with E-state index in [4.69, 9.17) is 0 Å². The number of piperidine rings is 1. The van der Waals surface area contributed by atoms with Gasteiger partial charge >= 0.3 is 0 Å². The van der Waals surface area contributed by atoms with Gasteiger partial charge in [-0.2, -0.15) is 9.40 Å². The van der Waals surface area contributed by atoms with Crippen molar-refractivity contribution >= 4 is 10.0 Å². The van der Waals surface area contributed by atoms with Crippen molar-refractivity contribution in [3.8, 4) is 0 Å². The van der Waals surface area contributed by atoms with Crippen molar-refractivity contribution < 1.29 is 8.42 Å². The number of sulfonamides is 1. The molecule has 1 saturated heterocycles. The van der Waals surface area contributed by atoms with E-state index in [0.717, 1.165) is 18.7 Å². The minimum absolute atomic E-state index is 0.228. The van der Waals surface area contributed by atoms with E-state index in [1.807, 2.05) is 6.92 Å². The fraction of sp³-hybridized carbons (Fsp3) is 0.500. The summed E-state index contributed by atoms with van der Waals surface area (Å²) in [6.45, 7) is 3.56. The van der Waals surface area contributed by atoms with E-state index in [1.54, 1.807) is 29.3 Å². The Morgan fingerprint density at radius 1 is 1.23 bits per heavy atom.